The fourth-order valence-electron chi connectivity index (χ4n) is 12.1. The maximum absolute atomic E-state index is 2.59. The second kappa shape index (κ2) is 13.0. The molecule has 14 aromatic rings. The van der Waals surface area contributed by atoms with E-state index < -0.39 is 0 Å². The fourth-order valence-corrected chi connectivity index (χ4v) is 16.8. The summed E-state index contributed by atoms with van der Waals surface area (Å²) in [5.41, 5.74) is 16.0. The van der Waals surface area contributed by atoms with Crippen molar-refractivity contribution < 1.29 is 0 Å². The molecule has 65 heavy (non-hydrogen) atoms. The Labute approximate surface area is 387 Å². The minimum atomic E-state index is 0. The van der Waals surface area contributed by atoms with Gasteiger partial charge in [0.25, 0.3) is 0 Å². The molecule has 16 rings (SSSR count). The summed E-state index contributed by atoms with van der Waals surface area (Å²) in [5, 5.41) is 18.8. The number of hydrogen-bond donors (Lipinski definition) is 0. The molecule has 300 valence electrons. The van der Waals surface area contributed by atoms with Gasteiger partial charge in [-0.15, -0.1) is 0 Å². The van der Waals surface area contributed by atoms with Gasteiger partial charge in [0.05, 0.1) is 0 Å². The third-order valence-corrected chi connectivity index (χ3v) is 19.5. The Hall–Kier alpha value is -7.02. The first kappa shape index (κ1) is 36.3. The molecule has 0 atom stereocenters. The van der Waals surface area contributed by atoms with Crippen molar-refractivity contribution in [1.82, 2.24) is 0 Å². The van der Waals surface area contributed by atoms with Crippen molar-refractivity contribution in [2.24, 2.45) is 0 Å². The van der Waals surface area contributed by atoms with E-state index in [2.05, 4.69) is 194 Å². The maximum atomic E-state index is 2.59. The van der Waals surface area contributed by atoms with Gasteiger partial charge in [0.15, 0.2) is 0 Å². The molecule has 0 amide bonds. The molecular formula is C63H36Se2. The summed E-state index contributed by atoms with van der Waals surface area (Å²) in [6.45, 7) is 0. The normalized spacial score (nSPS) is 12.5. The summed E-state index contributed by atoms with van der Waals surface area (Å²) < 4.78 is 5.90. The zero-order chi connectivity index (χ0) is 41.4. The van der Waals surface area contributed by atoms with Crippen LogP contribution >= 0.6 is 0 Å². The second-order valence-corrected chi connectivity index (χ2v) is 22.4. The van der Waals surface area contributed by atoms with Crippen LogP contribution in [-0.2, 0) is 0 Å². The topological polar surface area (TPSA) is 0 Å². The third-order valence-electron chi connectivity index (χ3n) is 14.7. The Morgan fingerprint density at radius 2 is 0.492 bits per heavy atom. The van der Waals surface area contributed by atoms with E-state index in [1.165, 1.54) is 159 Å². The van der Waals surface area contributed by atoms with E-state index in [1.54, 1.807) is 0 Å². The average molecular weight is 951 g/mol. The molecule has 0 N–H and O–H groups in total. The summed E-state index contributed by atoms with van der Waals surface area (Å²) in [5.74, 6) is 0. The molecule has 2 heteroatoms. The molecule has 2 aliphatic rings. The fraction of sp³-hybridized carbons (Fsp3) is 0.0159. The van der Waals surface area contributed by atoms with Crippen molar-refractivity contribution in [3.8, 4) is 66.8 Å². The van der Waals surface area contributed by atoms with Crippen molar-refractivity contribution in [3.63, 3.8) is 0 Å². The van der Waals surface area contributed by atoms with E-state index in [4.69, 9.17) is 0 Å². The summed E-state index contributed by atoms with van der Waals surface area (Å²) in [6.07, 6.45) is 0. The molecule has 0 bridgehead atoms. The van der Waals surface area contributed by atoms with Gasteiger partial charge in [0.1, 0.15) is 0 Å². The second-order valence-electron chi connectivity index (χ2n) is 17.8. The molecule has 0 saturated heterocycles. The summed E-state index contributed by atoms with van der Waals surface area (Å²) in [4.78, 5) is 0. The van der Waals surface area contributed by atoms with Gasteiger partial charge in [-0.25, -0.2) is 0 Å². The molecule has 0 radical (unpaired) electrons. The number of fused-ring (bicyclic) bond motifs is 17. The first-order chi connectivity index (χ1) is 31.7. The van der Waals surface area contributed by atoms with Crippen LogP contribution in [0.15, 0.2) is 194 Å². The van der Waals surface area contributed by atoms with Crippen LogP contribution < -0.4 is 0 Å². The van der Waals surface area contributed by atoms with E-state index in [1.807, 2.05) is 0 Å². The number of hydrogen-bond acceptors (Lipinski definition) is 0. The van der Waals surface area contributed by atoms with Gasteiger partial charge in [-0.3, -0.25) is 0 Å². The van der Waals surface area contributed by atoms with Crippen LogP contribution in [0.1, 0.15) is 7.43 Å². The Kier molecular flexibility index (Phi) is 7.29. The molecule has 2 heterocycles. The summed E-state index contributed by atoms with van der Waals surface area (Å²) in [7, 11) is 0. The molecule has 0 saturated carbocycles. The number of rotatable bonds is 2. The van der Waals surface area contributed by atoms with E-state index in [-0.39, 0.29) is 36.4 Å². The Bertz CT molecular complexity index is 4180. The van der Waals surface area contributed by atoms with Crippen LogP contribution in [-0.4, -0.2) is 29.0 Å². The van der Waals surface area contributed by atoms with Crippen molar-refractivity contribution in [2.75, 3.05) is 0 Å². The van der Waals surface area contributed by atoms with E-state index in [9.17, 15) is 0 Å². The molecule has 2 aliphatic carbocycles. The van der Waals surface area contributed by atoms with Crippen LogP contribution in [0.3, 0.4) is 0 Å². The molecule has 0 aliphatic heterocycles. The Morgan fingerprint density at radius 1 is 0.200 bits per heavy atom. The van der Waals surface area contributed by atoms with Crippen LogP contribution in [0.5, 0.6) is 0 Å². The predicted molar refractivity (Wildman–Crippen MR) is 284 cm³/mol. The standard InChI is InChI=1S/C62H32Se2.CH4/c1-3-23-55-41(15-1)61-39(21-9-25-57(61)63-55)47-31-53-52-30-46-38-20-8-14-34-12-6-18-36(60(34)38)44(46)28-50(52)48(40-22-10-26-58-62(40)42-16-2-4-24-56(42)64-58)32-54(53)51-29-45-37-19-7-13-33-11-5-17-35(59(33)37)43(45)27-49(47)51;/h1-32H;1H4. The van der Waals surface area contributed by atoms with Gasteiger partial charge in [-0.1, -0.05) is 7.43 Å². The zero-order valence-corrected chi connectivity index (χ0v) is 37.7. The van der Waals surface area contributed by atoms with Crippen LogP contribution in [0, 0.1) is 0 Å². The van der Waals surface area contributed by atoms with Gasteiger partial charge >= 0.3 is 382 Å². The molecule has 12 aromatic carbocycles. The Morgan fingerprint density at radius 3 is 0.892 bits per heavy atom. The summed E-state index contributed by atoms with van der Waals surface area (Å²) in [6, 6.07) is 75.2. The van der Waals surface area contributed by atoms with Crippen LogP contribution in [0.2, 0.25) is 0 Å². The SMILES string of the molecule is C.c1cc2c3c(cccc3c1)-c1cc3c(cc1-2)c(-c1cccc2[se]c4ccccc4c12)cc1c2cc4c(cc2c(-c2cccc5[se]c6ccccc6c25)cc31)-c1cccc2cccc-4c12. The van der Waals surface area contributed by atoms with Gasteiger partial charge in [-0.2, -0.15) is 0 Å². The first-order valence-corrected chi connectivity index (χ1v) is 25.6. The monoisotopic (exact) mass is 952 g/mol. The van der Waals surface area contributed by atoms with Crippen LogP contribution in [0.25, 0.3) is 159 Å². The molecule has 0 unspecified atom stereocenters. The van der Waals surface area contributed by atoms with Crippen molar-refractivity contribution >= 4 is 121 Å². The number of benzene rings is 12. The van der Waals surface area contributed by atoms with E-state index in [0.29, 0.717) is 0 Å². The zero-order valence-electron chi connectivity index (χ0n) is 34.3. The van der Waals surface area contributed by atoms with Gasteiger partial charge in [-0.05, 0) is 0 Å². The van der Waals surface area contributed by atoms with Crippen molar-refractivity contribution in [1.29, 1.82) is 0 Å². The van der Waals surface area contributed by atoms with E-state index in [0.717, 1.165) is 0 Å². The summed E-state index contributed by atoms with van der Waals surface area (Å²) >= 11 is 0.530. The first-order valence-electron chi connectivity index (χ1n) is 22.1. The van der Waals surface area contributed by atoms with E-state index >= 15 is 0 Å². The molecular weight excluding hydrogens is 915 g/mol. The van der Waals surface area contributed by atoms with Crippen LogP contribution in [0.4, 0.5) is 0 Å². The predicted octanol–water partition coefficient (Wildman–Crippen LogP) is 17.4. The van der Waals surface area contributed by atoms with Crippen molar-refractivity contribution in [3.05, 3.63) is 194 Å². The molecule has 0 fully saturated rings. The molecule has 0 nitrogen and oxygen atoms in total. The average Bonchev–Trinajstić information content (AvgIpc) is 4.10. The third kappa shape index (κ3) is 4.72. The molecule has 0 spiro atoms. The van der Waals surface area contributed by atoms with Gasteiger partial charge < -0.3 is 0 Å². The Balaban J connectivity index is 0.00000390. The molecule has 2 aromatic heterocycles. The van der Waals surface area contributed by atoms with Gasteiger partial charge in [0.2, 0.25) is 0 Å². The minimum absolute atomic E-state index is 0. The van der Waals surface area contributed by atoms with Crippen molar-refractivity contribution in [2.45, 2.75) is 7.43 Å². The van der Waals surface area contributed by atoms with Gasteiger partial charge in [0, 0.05) is 0 Å². The quantitative estimate of drug-likeness (QED) is 0.120.